The van der Waals surface area contributed by atoms with Gasteiger partial charge in [0.1, 0.15) is 20.0 Å². The summed E-state index contributed by atoms with van der Waals surface area (Å²) in [6.45, 7) is 4.69. The van der Waals surface area contributed by atoms with Gasteiger partial charge in [-0.3, -0.25) is 26.3 Å². The molecule has 0 aliphatic rings. The Balaban J connectivity index is -0.0000000229. The van der Waals surface area contributed by atoms with Crippen LogP contribution in [0.1, 0.15) is 88.9 Å². The monoisotopic (exact) mass is 1140 g/mol. The van der Waals surface area contributed by atoms with Gasteiger partial charge in [0.2, 0.25) is 0 Å². The van der Waals surface area contributed by atoms with E-state index in [-0.39, 0.29) is 84.6 Å². The fourth-order valence-electron chi connectivity index (χ4n) is 1.70. The van der Waals surface area contributed by atoms with Crippen molar-refractivity contribution in [2.24, 2.45) is 0 Å². The van der Waals surface area contributed by atoms with Crippen molar-refractivity contribution in [3.63, 3.8) is 0 Å². The maximum Gasteiger partial charge on any atom is 0.115 e. The number of thioether (sulfide) groups is 1. The molecule has 0 fully saturated rings. The van der Waals surface area contributed by atoms with Crippen LogP contribution >= 0.6 is 11.8 Å². The molecule has 3 aromatic rings. The molecule has 0 atom stereocenters. The molecule has 0 aliphatic carbocycles. The molecule has 3 rings (SSSR count). The SMILES string of the molecule is C.C.C.C.C.C.CCF.CCF.CCF.CCSC.CF.CF.CF.C[S-].C[S-](=O)=O.FCc1ccccc1.FCc1ccccc1.FCc1ccccc1.[Rf]. The minimum atomic E-state index is -1.86. The van der Waals surface area contributed by atoms with Crippen LogP contribution in [0.25, 0.3) is 0 Å². The Morgan fingerprint density at radius 1 is 0.464 bits per heavy atom. The largest absolute Gasteiger partial charge is 0.796 e. The van der Waals surface area contributed by atoms with Gasteiger partial charge in [-0.15, -0.1) is 0 Å². The zero-order valence-corrected chi connectivity index (χ0v) is 40.1. The molecule has 0 radical (unpaired) electrons. The summed E-state index contributed by atoms with van der Waals surface area (Å²) in [5.41, 5.74) is 2.23. The quantitative estimate of drug-likeness (QED) is 0.193. The van der Waals surface area contributed by atoms with Crippen molar-refractivity contribution in [3.05, 3.63) is 108 Å². The molecule has 0 unspecified atom stereocenters. The van der Waals surface area contributed by atoms with Crippen molar-refractivity contribution < 1.29 is 47.9 Å². The van der Waals surface area contributed by atoms with Crippen LogP contribution in [0, 0.1) is 0 Å². The molecular formula is C41H83F9O2RfS3-2. The number of hydrogen-bond acceptors (Lipinski definition) is 5. The predicted molar refractivity (Wildman–Crippen MR) is 242 cm³/mol. The number of alkyl halides is 9. The molecule has 56 heavy (non-hydrogen) atoms. The number of benzene rings is 3. The average Bonchev–Trinajstić information content (AvgIpc) is 3.17. The third-order valence-electron chi connectivity index (χ3n) is 3.28. The van der Waals surface area contributed by atoms with Crippen LogP contribution in [0.15, 0.2) is 91.0 Å². The zero-order chi connectivity index (χ0) is 40.6. The Hall–Kier alpha value is -3.32. The Bertz CT molecular complexity index is 789. The van der Waals surface area contributed by atoms with Crippen LogP contribution in [0.5, 0.6) is 0 Å². The molecule has 0 N–H and O–H groups in total. The maximum absolute atomic E-state index is 11.7. The Morgan fingerprint density at radius 3 is 0.625 bits per heavy atom. The predicted octanol–water partition coefficient (Wildman–Crippen LogP) is 16.4. The molecule has 0 saturated carbocycles. The standard InChI is InChI=1S/3C7H7F.C3H8S.3C2H5F.3CH3F.CH3O2S.CH4S.6CH4.Rf/c3*8-6-7-4-2-1-3-5-7;1-3-4-2;3*1-2-3;3*1-2;1-4(2)3;1-2;;;;;;;/h3*1-5H,6H2;3H2,1-2H3;3*2H2,1H3;3*1H3;1H3;2H,1H3;6*1H4;/q;;;;;;;;;;-1;;;;;;;;/p-1. The van der Waals surface area contributed by atoms with Gasteiger partial charge < -0.3 is 21.0 Å². The molecule has 0 heterocycles. The number of rotatable bonds is 4. The van der Waals surface area contributed by atoms with Crippen LogP contribution in [0.2, 0.25) is 0 Å². The number of halogens is 9. The van der Waals surface area contributed by atoms with Crippen LogP contribution in [0.3, 0.4) is 0 Å². The van der Waals surface area contributed by atoms with E-state index in [1.165, 1.54) is 26.5 Å². The van der Waals surface area contributed by atoms with Crippen molar-refractivity contribution in [2.45, 2.75) is 92.3 Å². The van der Waals surface area contributed by atoms with E-state index >= 15 is 0 Å². The first-order valence-corrected chi connectivity index (χ1v) is 17.9. The van der Waals surface area contributed by atoms with Gasteiger partial charge in [0.25, 0.3) is 0 Å². The van der Waals surface area contributed by atoms with Gasteiger partial charge in [-0.05, 0) is 49.5 Å². The summed E-state index contributed by atoms with van der Waals surface area (Å²) in [7, 11) is -0.361. The molecule has 0 bridgehead atoms. The molecule has 0 aliphatic heterocycles. The molecule has 0 aromatic heterocycles. The fraction of sp³-hybridized carbons (Fsp3) is 0.561. The summed E-state index contributed by atoms with van der Waals surface area (Å²) in [5, 5.41) is 0. The van der Waals surface area contributed by atoms with E-state index in [9.17, 15) is 39.5 Å². The zero-order valence-electron chi connectivity index (χ0n) is 31.3. The van der Waals surface area contributed by atoms with Gasteiger partial charge in [0.15, 0.2) is 0 Å². The molecule has 2 nitrogen and oxygen atoms in total. The van der Waals surface area contributed by atoms with Crippen LogP contribution in [-0.4, -0.2) is 66.1 Å². The summed E-state index contributed by atoms with van der Waals surface area (Å²) in [6, 6.07) is 27.2. The minimum Gasteiger partial charge on any atom is -0.796 e. The van der Waals surface area contributed by atoms with E-state index in [4.69, 9.17) is 8.42 Å². The summed E-state index contributed by atoms with van der Waals surface area (Å²) in [5.74, 6) is 1.24. The molecule has 0 spiro atoms. The summed E-state index contributed by atoms with van der Waals surface area (Å²) >= 11 is 5.94. The van der Waals surface area contributed by atoms with Gasteiger partial charge >= 0.3 is 0 Å². The van der Waals surface area contributed by atoms with Crippen molar-refractivity contribution in [1.82, 2.24) is 0 Å². The maximum atomic E-state index is 11.7. The summed E-state index contributed by atoms with van der Waals surface area (Å²) < 4.78 is 113. The van der Waals surface area contributed by atoms with Crippen molar-refractivity contribution in [2.75, 3.05) is 66.1 Å². The molecule has 0 amide bonds. The van der Waals surface area contributed by atoms with E-state index in [1.54, 1.807) is 42.7 Å². The minimum absolute atomic E-state index is 0. The van der Waals surface area contributed by atoms with Gasteiger partial charge in [0, 0.05) is 0 Å². The second kappa shape index (κ2) is 132. The second-order valence-corrected chi connectivity index (χ2v) is 8.60. The molecule has 0 saturated heterocycles. The Morgan fingerprint density at radius 2 is 0.571 bits per heavy atom. The number of hydrogen-bond donors (Lipinski definition) is 0. The Labute approximate surface area is 347 Å². The first kappa shape index (κ1) is 105. The average molecular weight is 1140 g/mol. The smallest absolute Gasteiger partial charge is 0.115 e. The van der Waals surface area contributed by atoms with E-state index in [2.05, 4.69) is 25.8 Å². The third-order valence-corrected chi connectivity index (χ3v) is 3.86. The van der Waals surface area contributed by atoms with Crippen LogP contribution < -0.4 is 0 Å². The van der Waals surface area contributed by atoms with Crippen molar-refractivity contribution in [1.29, 1.82) is 0 Å². The van der Waals surface area contributed by atoms with E-state index in [1.807, 2.05) is 66.4 Å². The van der Waals surface area contributed by atoms with Gasteiger partial charge in [-0.2, -0.15) is 18.0 Å². The van der Waals surface area contributed by atoms with Crippen molar-refractivity contribution >= 4 is 35.1 Å². The molecule has 3 aromatic carbocycles. The summed E-state index contributed by atoms with van der Waals surface area (Å²) in [6.07, 6.45) is 4.76. The van der Waals surface area contributed by atoms with Crippen LogP contribution in [-0.2, 0) is 51.8 Å². The molecule has 344 valence electrons. The first-order valence-electron chi connectivity index (χ1n) is 14.2. The van der Waals surface area contributed by atoms with Gasteiger partial charge in [-0.1, -0.05) is 159 Å². The third kappa shape index (κ3) is 163. The fourth-order valence-corrected chi connectivity index (χ4v) is 1.70. The van der Waals surface area contributed by atoms with Gasteiger partial charge in [0.05, 0.1) is 41.6 Å². The van der Waals surface area contributed by atoms with Crippen LogP contribution in [0.4, 0.5) is 39.5 Å². The van der Waals surface area contributed by atoms with E-state index in [0.717, 1.165) is 22.9 Å². The molecule has 15 heteroatoms. The van der Waals surface area contributed by atoms with E-state index in [0.29, 0.717) is 21.5 Å². The van der Waals surface area contributed by atoms with Crippen molar-refractivity contribution in [3.8, 4) is 0 Å². The Kier molecular flexibility index (Phi) is 247. The van der Waals surface area contributed by atoms with E-state index < -0.39 is 10.7 Å². The first-order chi connectivity index (χ1) is 23.7. The second-order valence-electron chi connectivity index (χ2n) is 6.64. The summed E-state index contributed by atoms with van der Waals surface area (Å²) in [4.78, 5) is 0. The molecular weight excluding hydrogens is 1060 g/mol. The topological polar surface area (TPSA) is 34.1 Å². The normalized spacial score (nSPS) is 6.45. The van der Waals surface area contributed by atoms with Gasteiger partial charge in [-0.25, -0.2) is 13.2 Å².